The van der Waals surface area contributed by atoms with Crippen molar-refractivity contribution in [1.29, 1.82) is 0 Å². The first-order chi connectivity index (χ1) is 12.7. The third kappa shape index (κ3) is 3.12. The molecule has 1 aromatic heterocycles. The van der Waals surface area contributed by atoms with E-state index in [9.17, 15) is 9.59 Å². The minimum atomic E-state index is -0.607. The first-order valence-corrected chi connectivity index (χ1v) is 7.78. The third-order valence-electron chi connectivity index (χ3n) is 3.77. The van der Waals surface area contributed by atoms with E-state index >= 15 is 0 Å². The van der Waals surface area contributed by atoms with E-state index in [-0.39, 0.29) is 19.1 Å². The molecule has 2 aromatic carbocycles. The van der Waals surface area contributed by atoms with Gasteiger partial charge in [-0.3, -0.25) is 4.79 Å². The molecule has 0 radical (unpaired) electrons. The summed E-state index contributed by atoms with van der Waals surface area (Å²) in [6, 6.07) is 12.1. The van der Waals surface area contributed by atoms with E-state index in [0.29, 0.717) is 22.4 Å². The van der Waals surface area contributed by atoms with Crippen LogP contribution in [-0.4, -0.2) is 27.8 Å². The van der Waals surface area contributed by atoms with Crippen LogP contribution in [0, 0.1) is 0 Å². The normalized spacial score (nSPS) is 12.6. The van der Waals surface area contributed by atoms with Crippen molar-refractivity contribution in [3.05, 3.63) is 64.5 Å². The molecule has 2 heterocycles. The van der Waals surface area contributed by atoms with Gasteiger partial charge in [0.25, 0.3) is 5.56 Å². The van der Waals surface area contributed by atoms with Crippen molar-refractivity contribution in [1.82, 2.24) is 15.0 Å². The summed E-state index contributed by atoms with van der Waals surface area (Å²) in [6.07, 6.45) is 2.84. The molecule has 4 rings (SSSR count). The second-order valence-corrected chi connectivity index (χ2v) is 5.45. The van der Waals surface area contributed by atoms with Gasteiger partial charge in [0.15, 0.2) is 18.2 Å². The summed E-state index contributed by atoms with van der Waals surface area (Å²) in [5.41, 5.74) is 0.875. The Kier molecular flexibility index (Phi) is 4.06. The number of fused-ring (bicyclic) bond motifs is 2. The maximum atomic E-state index is 12.3. The molecule has 8 nitrogen and oxygen atoms in total. The topological polar surface area (TPSA) is 92.5 Å². The lowest BCUT2D eigenvalue weighted by Crippen LogP contribution is -2.26. The molecule has 0 atom stereocenters. The van der Waals surface area contributed by atoms with Crippen molar-refractivity contribution < 1.29 is 19.0 Å². The maximum Gasteiger partial charge on any atom is 0.332 e. The second-order valence-electron chi connectivity index (χ2n) is 5.45. The summed E-state index contributed by atoms with van der Waals surface area (Å²) in [5.74, 6) is 0.682. The zero-order valence-corrected chi connectivity index (χ0v) is 13.5. The molecule has 0 bridgehead atoms. The Morgan fingerprint density at radius 1 is 1.19 bits per heavy atom. The van der Waals surface area contributed by atoms with Crippen LogP contribution in [0.2, 0.25) is 0 Å². The van der Waals surface area contributed by atoms with Crippen LogP contribution >= 0.6 is 0 Å². The van der Waals surface area contributed by atoms with E-state index in [2.05, 4.69) is 10.3 Å². The molecule has 8 heteroatoms. The van der Waals surface area contributed by atoms with Crippen molar-refractivity contribution in [2.24, 2.45) is 0 Å². The van der Waals surface area contributed by atoms with Crippen LogP contribution in [-0.2, 0) is 16.3 Å². The third-order valence-corrected chi connectivity index (χ3v) is 3.77. The second kappa shape index (κ2) is 6.67. The molecule has 0 aliphatic carbocycles. The SMILES string of the molecule is O=C(/C=C/c1ccc2c(c1)OCO2)OCn1nnc2ccccc2c1=O. The fourth-order valence-electron chi connectivity index (χ4n) is 2.46. The van der Waals surface area contributed by atoms with E-state index in [0.717, 1.165) is 10.2 Å². The molecule has 26 heavy (non-hydrogen) atoms. The minimum absolute atomic E-state index is 0.187. The molecular weight excluding hydrogens is 338 g/mol. The zero-order chi connectivity index (χ0) is 17.9. The predicted octanol–water partition coefficient (Wildman–Crippen LogP) is 1.73. The molecule has 0 spiro atoms. The summed E-state index contributed by atoms with van der Waals surface area (Å²) in [5, 5.41) is 8.09. The maximum absolute atomic E-state index is 12.3. The van der Waals surface area contributed by atoms with Crippen LogP contribution in [0.5, 0.6) is 11.5 Å². The predicted molar refractivity (Wildman–Crippen MR) is 91.5 cm³/mol. The van der Waals surface area contributed by atoms with Crippen molar-refractivity contribution in [2.45, 2.75) is 6.73 Å². The number of rotatable bonds is 4. The lowest BCUT2D eigenvalue weighted by atomic mass is 10.2. The largest absolute Gasteiger partial charge is 0.454 e. The van der Waals surface area contributed by atoms with Gasteiger partial charge < -0.3 is 14.2 Å². The molecule has 0 unspecified atom stereocenters. The highest BCUT2D eigenvalue weighted by Crippen LogP contribution is 2.32. The Balaban J connectivity index is 1.43. The minimum Gasteiger partial charge on any atom is -0.454 e. The summed E-state index contributed by atoms with van der Waals surface area (Å²) in [6.45, 7) is -0.132. The molecule has 0 N–H and O–H groups in total. The van der Waals surface area contributed by atoms with Gasteiger partial charge in [0, 0.05) is 6.08 Å². The van der Waals surface area contributed by atoms with Crippen LogP contribution in [0.15, 0.2) is 53.3 Å². The van der Waals surface area contributed by atoms with E-state index in [4.69, 9.17) is 14.2 Å². The van der Waals surface area contributed by atoms with Gasteiger partial charge in [-0.2, -0.15) is 4.68 Å². The highest BCUT2D eigenvalue weighted by molar-refractivity contribution is 5.87. The fraction of sp³-hybridized carbons (Fsp3) is 0.111. The van der Waals surface area contributed by atoms with Crippen LogP contribution in [0.4, 0.5) is 0 Å². The van der Waals surface area contributed by atoms with Crippen molar-refractivity contribution in [3.8, 4) is 11.5 Å². The molecule has 1 aliphatic rings. The highest BCUT2D eigenvalue weighted by Gasteiger charge is 2.12. The van der Waals surface area contributed by atoms with Gasteiger partial charge in [-0.25, -0.2) is 4.79 Å². The molecule has 0 saturated carbocycles. The van der Waals surface area contributed by atoms with Gasteiger partial charge in [-0.05, 0) is 35.9 Å². The summed E-state index contributed by atoms with van der Waals surface area (Å²) < 4.78 is 16.5. The number of hydrogen-bond acceptors (Lipinski definition) is 7. The Hall–Kier alpha value is -3.68. The average Bonchev–Trinajstić information content (AvgIpc) is 3.14. The summed E-state index contributed by atoms with van der Waals surface area (Å²) >= 11 is 0. The van der Waals surface area contributed by atoms with Gasteiger partial charge >= 0.3 is 5.97 Å². The molecule has 130 valence electrons. The summed E-state index contributed by atoms with van der Waals surface area (Å²) in [4.78, 5) is 24.1. The Bertz CT molecular complexity index is 1070. The standard InChI is InChI=1S/C18H13N3O5/c22-17(8-6-12-5-7-15-16(9-12)26-11-25-15)24-10-21-18(23)13-3-1-2-4-14(13)19-20-21/h1-9H,10-11H2/b8-6+. The number of benzene rings is 2. The number of esters is 1. The molecule has 3 aromatic rings. The Labute approximate surface area is 147 Å². The fourth-order valence-corrected chi connectivity index (χ4v) is 2.46. The Morgan fingerprint density at radius 2 is 2.04 bits per heavy atom. The van der Waals surface area contributed by atoms with Gasteiger partial charge in [-0.15, -0.1) is 5.10 Å². The zero-order valence-electron chi connectivity index (χ0n) is 13.5. The first-order valence-electron chi connectivity index (χ1n) is 7.78. The van der Waals surface area contributed by atoms with E-state index in [1.165, 1.54) is 6.08 Å². The highest BCUT2D eigenvalue weighted by atomic mass is 16.7. The molecule has 0 amide bonds. The van der Waals surface area contributed by atoms with E-state index in [1.807, 2.05) is 0 Å². The van der Waals surface area contributed by atoms with Crippen LogP contribution in [0.25, 0.3) is 17.0 Å². The monoisotopic (exact) mass is 351 g/mol. The van der Waals surface area contributed by atoms with E-state index < -0.39 is 5.97 Å². The molecule has 1 aliphatic heterocycles. The molecular formula is C18H13N3O5. The van der Waals surface area contributed by atoms with Gasteiger partial charge in [0.2, 0.25) is 6.79 Å². The van der Waals surface area contributed by atoms with Crippen molar-refractivity contribution in [2.75, 3.05) is 6.79 Å². The lowest BCUT2D eigenvalue weighted by Gasteiger charge is -2.04. The van der Waals surface area contributed by atoms with Crippen molar-refractivity contribution in [3.63, 3.8) is 0 Å². The van der Waals surface area contributed by atoms with Gasteiger partial charge in [0.05, 0.1) is 5.39 Å². The molecule has 0 fully saturated rings. The average molecular weight is 351 g/mol. The number of carbonyl (C=O) groups is 1. The van der Waals surface area contributed by atoms with E-state index in [1.54, 1.807) is 48.5 Å². The van der Waals surface area contributed by atoms with Gasteiger partial charge in [0.1, 0.15) is 5.52 Å². The number of aromatic nitrogens is 3. The first kappa shape index (κ1) is 15.8. The number of hydrogen-bond donors (Lipinski definition) is 0. The molecule has 0 saturated heterocycles. The van der Waals surface area contributed by atoms with Crippen LogP contribution < -0.4 is 15.0 Å². The quantitative estimate of drug-likeness (QED) is 0.522. The lowest BCUT2D eigenvalue weighted by molar-refractivity contribution is -0.141. The summed E-state index contributed by atoms with van der Waals surface area (Å²) in [7, 11) is 0. The number of ether oxygens (including phenoxy) is 3. The Morgan fingerprint density at radius 3 is 2.96 bits per heavy atom. The van der Waals surface area contributed by atoms with Gasteiger partial charge in [-0.1, -0.05) is 23.4 Å². The van der Waals surface area contributed by atoms with Crippen molar-refractivity contribution >= 4 is 22.9 Å². The van der Waals surface area contributed by atoms with Crippen LogP contribution in [0.3, 0.4) is 0 Å². The smallest absolute Gasteiger partial charge is 0.332 e. The van der Waals surface area contributed by atoms with Crippen LogP contribution in [0.1, 0.15) is 5.56 Å². The number of carbonyl (C=O) groups excluding carboxylic acids is 1. The number of nitrogens with zero attached hydrogens (tertiary/aromatic N) is 3.